The zero-order chi connectivity index (χ0) is 7.41. The van der Waals surface area contributed by atoms with E-state index >= 15 is 0 Å². The van der Waals surface area contributed by atoms with Crippen LogP contribution in [0.3, 0.4) is 0 Å². The van der Waals surface area contributed by atoms with Gasteiger partial charge in [-0.05, 0) is 13.5 Å². The summed E-state index contributed by atoms with van der Waals surface area (Å²) in [7, 11) is 0. The second-order valence-electron chi connectivity index (χ2n) is 0.816. The molecule has 2 N–H and O–H groups in total. The van der Waals surface area contributed by atoms with E-state index in [1.807, 2.05) is 13.8 Å². The Labute approximate surface area is 52.9 Å². The van der Waals surface area contributed by atoms with Crippen LogP contribution >= 0.6 is 0 Å². The molecule has 0 atom stereocenters. The second-order valence-corrected chi connectivity index (χ2v) is 0.816. The summed E-state index contributed by atoms with van der Waals surface area (Å²) < 4.78 is 0. The average Bonchev–Trinajstić information content (AvgIpc) is 1.75. The van der Waals surface area contributed by atoms with Crippen LogP contribution in [0.2, 0.25) is 0 Å². The van der Waals surface area contributed by atoms with Gasteiger partial charge in [-0.25, -0.2) is 0 Å². The van der Waals surface area contributed by atoms with Crippen molar-refractivity contribution in [3.05, 3.63) is 25.8 Å². The van der Waals surface area contributed by atoms with Gasteiger partial charge in [0.1, 0.15) is 0 Å². The van der Waals surface area contributed by atoms with E-state index < -0.39 is 0 Å². The first-order valence-electron chi connectivity index (χ1n) is 2.60. The number of rotatable bonds is 0. The molecular formula is C7H17N. The van der Waals surface area contributed by atoms with Crippen LogP contribution in [0.4, 0.5) is 0 Å². The molecule has 1 nitrogen and oxygen atoms in total. The number of hydrogen-bond acceptors (Lipinski definition) is 1. The van der Waals surface area contributed by atoms with Gasteiger partial charge in [-0.3, -0.25) is 0 Å². The second kappa shape index (κ2) is 91.9. The van der Waals surface area contributed by atoms with Gasteiger partial charge in [0.15, 0.2) is 0 Å². The molecule has 8 heavy (non-hydrogen) atoms. The van der Waals surface area contributed by atoms with Crippen LogP contribution in [-0.2, 0) is 0 Å². The molecule has 0 aromatic heterocycles. The van der Waals surface area contributed by atoms with Gasteiger partial charge in [-0.2, -0.15) is 0 Å². The minimum Gasteiger partial charge on any atom is -0.331 e. The van der Waals surface area contributed by atoms with Gasteiger partial charge in [-0.15, -0.1) is 19.7 Å². The Balaban J connectivity index is -0.0000000483. The van der Waals surface area contributed by atoms with E-state index in [-0.39, 0.29) is 0 Å². The Morgan fingerprint density at radius 2 is 1.50 bits per heavy atom. The summed E-state index contributed by atoms with van der Waals surface area (Å²) in [6.07, 6.45) is 1.75. The Kier molecular flexibility index (Phi) is 180. The lowest BCUT2D eigenvalue weighted by Gasteiger charge is -1.53. The predicted molar refractivity (Wildman–Crippen MR) is 41.9 cm³/mol. The van der Waals surface area contributed by atoms with Gasteiger partial charge >= 0.3 is 0 Å². The summed E-state index contributed by atoms with van der Waals surface area (Å²) in [4.78, 5) is 0. The van der Waals surface area contributed by atoms with Crippen LogP contribution in [-0.4, -0.2) is 6.54 Å². The summed E-state index contributed by atoms with van der Waals surface area (Å²) >= 11 is 0. The Morgan fingerprint density at radius 1 is 1.50 bits per heavy atom. The SMILES string of the molecule is C=C.C=CC.CCN. The smallest absolute Gasteiger partial charge is 0.0106 e. The molecule has 0 aliphatic rings. The highest BCUT2D eigenvalue weighted by Gasteiger charge is 1.32. The predicted octanol–water partition coefficient (Wildman–Crippen LogP) is 1.96. The lowest BCUT2D eigenvalue weighted by Crippen LogP contribution is -1.87. The fourth-order valence-electron chi connectivity index (χ4n) is 0. The molecule has 0 fully saturated rings. The van der Waals surface area contributed by atoms with Crippen molar-refractivity contribution in [2.75, 3.05) is 6.54 Å². The zero-order valence-electron chi connectivity index (χ0n) is 5.98. The number of nitrogens with two attached hydrogens (primary N) is 1. The van der Waals surface area contributed by atoms with Gasteiger partial charge in [0.2, 0.25) is 0 Å². The minimum atomic E-state index is 0.750. The lowest BCUT2D eigenvalue weighted by atomic mass is 10.8. The van der Waals surface area contributed by atoms with Crippen LogP contribution in [0.1, 0.15) is 13.8 Å². The third-order valence-corrected chi connectivity index (χ3v) is 0. The molecular weight excluding hydrogens is 98.1 g/mol. The topological polar surface area (TPSA) is 26.0 Å². The quantitative estimate of drug-likeness (QED) is 0.480. The normalized spacial score (nSPS) is 4.38. The highest BCUT2D eigenvalue weighted by atomic mass is 14.5. The molecule has 0 spiro atoms. The molecule has 0 unspecified atom stereocenters. The molecule has 50 valence electrons. The van der Waals surface area contributed by atoms with Crippen LogP contribution in [0.25, 0.3) is 0 Å². The van der Waals surface area contributed by atoms with Crippen molar-refractivity contribution in [3.8, 4) is 0 Å². The third-order valence-electron chi connectivity index (χ3n) is 0. The maximum absolute atomic E-state index is 4.85. The van der Waals surface area contributed by atoms with Crippen molar-refractivity contribution >= 4 is 0 Å². The molecule has 0 amide bonds. The van der Waals surface area contributed by atoms with Crippen molar-refractivity contribution in [2.24, 2.45) is 5.73 Å². The molecule has 0 aliphatic heterocycles. The first-order valence-corrected chi connectivity index (χ1v) is 2.60. The Hall–Kier alpha value is -0.560. The van der Waals surface area contributed by atoms with Gasteiger partial charge in [0.05, 0.1) is 0 Å². The third kappa shape index (κ3) is 342. The largest absolute Gasteiger partial charge is 0.331 e. The van der Waals surface area contributed by atoms with Crippen molar-refractivity contribution in [3.63, 3.8) is 0 Å². The standard InChI is InChI=1S/C3H6.C2H7N.C2H4/c1-3-2;1-2-3;1-2/h3H,1H2,2H3;2-3H2,1H3;1-2H2. The van der Waals surface area contributed by atoms with Crippen molar-refractivity contribution in [2.45, 2.75) is 13.8 Å². The van der Waals surface area contributed by atoms with Crippen LogP contribution in [0.15, 0.2) is 25.8 Å². The fraction of sp³-hybridized carbons (Fsp3) is 0.429. The van der Waals surface area contributed by atoms with E-state index in [0.717, 1.165) is 6.54 Å². The van der Waals surface area contributed by atoms with Crippen molar-refractivity contribution in [1.29, 1.82) is 0 Å². The van der Waals surface area contributed by atoms with Gasteiger partial charge in [0, 0.05) is 0 Å². The van der Waals surface area contributed by atoms with Crippen LogP contribution in [0, 0.1) is 0 Å². The maximum Gasteiger partial charge on any atom is -0.0106 e. The molecule has 0 aromatic carbocycles. The molecule has 0 aromatic rings. The Morgan fingerprint density at radius 3 is 1.50 bits per heavy atom. The number of allylic oxidation sites excluding steroid dienone is 1. The Bertz CT molecular complexity index is 25.6. The molecule has 0 bridgehead atoms. The highest BCUT2D eigenvalue weighted by molar-refractivity contribution is 4.51. The van der Waals surface area contributed by atoms with Crippen LogP contribution < -0.4 is 5.73 Å². The molecule has 0 rings (SSSR count). The lowest BCUT2D eigenvalue weighted by molar-refractivity contribution is 1.14. The average molecular weight is 115 g/mol. The summed E-state index contributed by atoms with van der Waals surface area (Å²) in [5.74, 6) is 0. The van der Waals surface area contributed by atoms with E-state index in [1.54, 1.807) is 6.08 Å². The van der Waals surface area contributed by atoms with E-state index in [1.165, 1.54) is 0 Å². The molecule has 1 heteroatoms. The summed E-state index contributed by atoms with van der Waals surface area (Å²) in [5, 5.41) is 0. The van der Waals surface area contributed by atoms with Gasteiger partial charge in [-0.1, -0.05) is 13.0 Å². The van der Waals surface area contributed by atoms with E-state index in [4.69, 9.17) is 5.73 Å². The summed E-state index contributed by atoms with van der Waals surface area (Å²) in [6, 6.07) is 0. The first kappa shape index (κ1) is 15.7. The molecule has 0 saturated heterocycles. The maximum atomic E-state index is 4.85. The van der Waals surface area contributed by atoms with Crippen LogP contribution in [0.5, 0.6) is 0 Å². The van der Waals surface area contributed by atoms with Gasteiger partial charge < -0.3 is 5.73 Å². The molecule has 0 heterocycles. The number of hydrogen-bond donors (Lipinski definition) is 1. The first-order chi connectivity index (χ1) is 3.83. The molecule has 0 radical (unpaired) electrons. The monoisotopic (exact) mass is 115 g/mol. The van der Waals surface area contributed by atoms with E-state index in [2.05, 4.69) is 19.7 Å². The van der Waals surface area contributed by atoms with Gasteiger partial charge in [0.25, 0.3) is 0 Å². The minimum absolute atomic E-state index is 0.750. The van der Waals surface area contributed by atoms with Crippen molar-refractivity contribution in [1.82, 2.24) is 0 Å². The zero-order valence-corrected chi connectivity index (χ0v) is 5.98. The highest BCUT2D eigenvalue weighted by Crippen LogP contribution is 1.38. The summed E-state index contributed by atoms with van der Waals surface area (Å²) in [5.41, 5.74) is 4.85. The fourth-order valence-corrected chi connectivity index (χ4v) is 0. The summed E-state index contributed by atoms with van der Waals surface area (Å²) in [6.45, 7) is 13.9. The van der Waals surface area contributed by atoms with Crippen molar-refractivity contribution < 1.29 is 0 Å². The molecule has 0 aliphatic carbocycles. The van der Waals surface area contributed by atoms with E-state index in [9.17, 15) is 0 Å². The molecule has 0 saturated carbocycles. The van der Waals surface area contributed by atoms with E-state index in [0.29, 0.717) is 0 Å².